The maximum absolute atomic E-state index is 12.9. The van der Waals surface area contributed by atoms with Gasteiger partial charge in [0.15, 0.2) is 5.84 Å². The smallest absolute Gasteiger partial charge is 0.283 e. The van der Waals surface area contributed by atoms with E-state index in [0.717, 1.165) is 34.0 Å². The van der Waals surface area contributed by atoms with Crippen molar-refractivity contribution < 1.29 is 9.53 Å². The Kier molecular flexibility index (Phi) is 5.63. The van der Waals surface area contributed by atoms with Crippen LogP contribution in [0.3, 0.4) is 0 Å². The number of hydrazone groups is 1. The van der Waals surface area contributed by atoms with Gasteiger partial charge in [-0.05, 0) is 61.5 Å². The molecule has 2 aromatic carbocycles. The Balaban J connectivity index is 1.52. The molecule has 0 bridgehead atoms. The molecule has 170 valence electrons. The summed E-state index contributed by atoms with van der Waals surface area (Å²) in [4.78, 5) is 17.1. The van der Waals surface area contributed by atoms with E-state index in [4.69, 9.17) is 21.7 Å². The molecule has 0 spiro atoms. The van der Waals surface area contributed by atoms with Crippen molar-refractivity contribution in [2.24, 2.45) is 10.1 Å². The number of rotatable bonds is 4. The second-order valence-electron chi connectivity index (χ2n) is 7.77. The van der Waals surface area contributed by atoms with Crippen LogP contribution in [-0.2, 0) is 4.79 Å². The van der Waals surface area contributed by atoms with Gasteiger partial charge in [-0.1, -0.05) is 35.9 Å². The third-order valence-corrected chi connectivity index (χ3v) is 6.91. The molecule has 3 aromatic rings. The molecule has 3 heterocycles. The Hall–Kier alpha value is -3.62. The second-order valence-corrected chi connectivity index (χ2v) is 9.13. The van der Waals surface area contributed by atoms with Crippen molar-refractivity contribution in [3.63, 3.8) is 0 Å². The highest BCUT2D eigenvalue weighted by molar-refractivity contribution is 8.27. The van der Waals surface area contributed by atoms with Gasteiger partial charge in [-0.25, -0.2) is 0 Å². The number of benzene rings is 2. The van der Waals surface area contributed by atoms with Crippen LogP contribution in [0.2, 0.25) is 5.02 Å². The maximum atomic E-state index is 12.9. The van der Waals surface area contributed by atoms with Gasteiger partial charge < -0.3 is 9.30 Å². The lowest BCUT2D eigenvalue weighted by molar-refractivity contribution is -0.114. The number of halogens is 1. The summed E-state index contributed by atoms with van der Waals surface area (Å²) in [5.74, 6) is 0.274. The van der Waals surface area contributed by atoms with Gasteiger partial charge in [0, 0.05) is 28.7 Å². The molecule has 34 heavy (non-hydrogen) atoms. The summed E-state index contributed by atoms with van der Waals surface area (Å²) in [7, 11) is 1.63. The molecule has 1 aromatic heterocycles. The summed E-state index contributed by atoms with van der Waals surface area (Å²) in [5.41, 5.74) is 4.62. The number of fused-ring (bicyclic) bond motifs is 1. The van der Waals surface area contributed by atoms with Crippen molar-refractivity contribution in [3.05, 3.63) is 87.7 Å². The van der Waals surface area contributed by atoms with E-state index in [1.54, 1.807) is 19.3 Å². The van der Waals surface area contributed by atoms with E-state index in [1.807, 2.05) is 62.4 Å². The molecule has 0 unspecified atom stereocenters. The van der Waals surface area contributed by atoms with Crippen LogP contribution in [0.15, 0.2) is 70.3 Å². The average molecular weight is 490 g/mol. The zero-order valence-electron chi connectivity index (χ0n) is 18.7. The molecule has 2 aliphatic rings. The number of nitrogens with one attached hydrogen (secondary N) is 1. The van der Waals surface area contributed by atoms with E-state index >= 15 is 0 Å². The number of methoxy groups -OCH3 is 1. The number of hydrogen-bond donors (Lipinski definition) is 1. The summed E-state index contributed by atoms with van der Waals surface area (Å²) in [6, 6.07) is 17.1. The number of aliphatic imine (C=N–C) groups is 1. The molecule has 9 heteroatoms. The predicted octanol–water partition coefficient (Wildman–Crippen LogP) is 5.42. The molecule has 7 nitrogen and oxygen atoms in total. The van der Waals surface area contributed by atoms with Gasteiger partial charge in [0.1, 0.15) is 10.8 Å². The lowest BCUT2D eigenvalue weighted by Gasteiger charge is -2.20. The van der Waals surface area contributed by atoms with Crippen molar-refractivity contribution in [2.75, 3.05) is 7.11 Å². The van der Waals surface area contributed by atoms with Crippen molar-refractivity contribution in [2.45, 2.75) is 13.8 Å². The summed E-state index contributed by atoms with van der Waals surface area (Å²) >= 11 is 7.54. The summed E-state index contributed by atoms with van der Waals surface area (Å²) in [6.07, 6.45) is 1.71. The van der Waals surface area contributed by atoms with Gasteiger partial charge >= 0.3 is 0 Å². The Labute approximate surface area is 205 Å². The van der Waals surface area contributed by atoms with E-state index in [9.17, 15) is 4.79 Å². The van der Waals surface area contributed by atoms with Crippen LogP contribution in [0.25, 0.3) is 11.8 Å². The maximum Gasteiger partial charge on any atom is 0.283 e. The zero-order valence-corrected chi connectivity index (χ0v) is 20.2. The first-order valence-corrected chi connectivity index (χ1v) is 11.7. The number of carbonyl (C=O) groups excluding carboxylic acids is 1. The van der Waals surface area contributed by atoms with E-state index in [-0.39, 0.29) is 11.4 Å². The van der Waals surface area contributed by atoms with E-state index in [0.29, 0.717) is 15.2 Å². The Morgan fingerprint density at radius 1 is 1.12 bits per heavy atom. The number of aromatic nitrogens is 1. The molecular formula is C25H20ClN5O2S. The fourth-order valence-electron chi connectivity index (χ4n) is 3.97. The summed E-state index contributed by atoms with van der Waals surface area (Å²) in [6.45, 7) is 3.97. The molecule has 0 radical (unpaired) electrons. The first-order chi connectivity index (χ1) is 16.4. The van der Waals surface area contributed by atoms with Crippen LogP contribution in [0.5, 0.6) is 5.75 Å². The molecule has 0 fully saturated rings. The van der Waals surface area contributed by atoms with Crippen molar-refractivity contribution in [1.29, 1.82) is 5.41 Å². The second kappa shape index (κ2) is 8.62. The minimum Gasteiger partial charge on any atom is -0.497 e. The van der Waals surface area contributed by atoms with Gasteiger partial charge in [-0.15, -0.1) is 0 Å². The SMILES string of the molecule is COc1cccc(-n2c(C)cc(C=C3C(=N)N4N=C(c5ccccc5Cl)SC4=NC3=O)c2C)c1. The first kappa shape index (κ1) is 22.2. The number of thioether (sulfide) groups is 1. The monoisotopic (exact) mass is 489 g/mol. The highest BCUT2D eigenvalue weighted by Crippen LogP contribution is 2.33. The summed E-state index contributed by atoms with van der Waals surface area (Å²) < 4.78 is 7.44. The highest BCUT2D eigenvalue weighted by Gasteiger charge is 2.36. The number of nitrogens with zero attached hydrogens (tertiary/aromatic N) is 4. The quantitative estimate of drug-likeness (QED) is 0.496. The number of hydrogen-bond acceptors (Lipinski definition) is 5. The molecule has 0 saturated carbocycles. The lowest BCUT2D eigenvalue weighted by atomic mass is 10.1. The summed E-state index contributed by atoms with van der Waals surface area (Å²) in [5, 5.41) is 16.1. The zero-order chi connectivity index (χ0) is 24.0. The number of amides is 1. The largest absolute Gasteiger partial charge is 0.497 e. The van der Waals surface area contributed by atoms with Crippen molar-refractivity contribution in [3.8, 4) is 11.4 Å². The van der Waals surface area contributed by atoms with Crippen molar-refractivity contribution >= 4 is 51.4 Å². The number of ether oxygens (including phenoxy) is 1. The van der Waals surface area contributed by atoms with Crippen molar-refractivity contribution in [1.82, 2.24) is 9.58 Å². The highest BCUT2D eigenvalue weighted by atomic mass is 35.5. The van der Waals surface area contributed by atoms with E-state index in [1.165, 1.54) is 16.8 Å². The van der Waals surface area contributed by atoms with Crippen LogP contribution in [0, 0.1) is 19.3 Å². The molecule has 2 aliphatic heterocycles. The lowest BCUT2D eigenvalue weighted by Crippen LogP contribution is -2.35. The Morgan fingerprint density at radius 2 is 1.91 bits per heavy atom. The van der Waals surface area contributed by atoms with Gasteiger partial charge in [-0.2, -0.15) is 15.1 Å². The third kappa shape index (κ3) is 3.74. The van der Waals surface area contributed by atoms with Gasteiger partial charge in [0.05, 0.1) is 17.7 Å². The molecule has 1 amide bonds. The topological polar surface area (TPSA) is 83.0 Å². The Morgan fingerprint density at radius 3 is 2.68 bits per heavy atom. The van der Waals surface area contributed by atoms with Gasteiger partial charge in [-0.3, -0.25) is 10.2 Å². The normalized spacial score (nSPS) is 16.6. The van der Waals surface area contributed by atoms with E-state index < -0.39 is 5.91 Å². The fourth-order valence-corrected chi connectivity index (χ4v) is 5.18. The average Bonchev–Trinajstić information content (AvgIpc) is 3.37. The standard InChI is InChI=1S/C25H20ClN5O2S/c1-14-11-16(15(2)30(14)17-7-6-8-18(13-17)33-3)12-20-22(27)31-25(28-23(20)32)34-24(29-31)19-9-4-5-10-21(19)26/h4-13,27H,1-3H3. The van der Waals surface area contributed by atoms with E-state index in [2.05, 4.69) is 14.7 Å². The van der Waals surface area contributed by atoms with Gasteiger partial charge in [0.2, 0.25) is 5.17 Å². The molecule has 1 N–H and O–H groups in total. The van der Waals surface area contributed by atoms with Gasteiger partial charge in [0.25, 0.3) is 5.91 Å². The first-order valence-electron chi connectivity index (χ1n) is 10.5. The van der Waals surface area contributed by atoms with Crippen LogP contribution in [-0.4, -0.2) is 38.6 Å². The molecule has 5 rings (SSSR count). The van der Waals surface area contributed by atoms with Crippen LogP contribution in [0.1, 0.15) is 22.5 Å². The number of amidine groups is 2. The number of aryl methyl sites for hydroxylation is 1. The van der Waals surface area contributed by atoms with Crippen LogP contribution in [0.4, 0.5) is 0 Å². The minimum absolute atomic E-state index is 0.0178. The van der Waals surface area contributed by atoms with Crippen LogP contribution < -0.4 is 4.74 Å². The minimum atomic E-state index is -0.467. The molecule has 0 saturated heterocycles. The molecular weight excluding hydrogens is 470 g/mol. The molecule has 0 aliphatic carbocycles. The predicted molar refractivity (Wildman–Crippen MR) is 137 cm³/mol. The Bertz CT molecular complexity index is 1450. The molecule has 0 atom stereocenters. The number of carbonyl (C=O) groups is 1. The third-order valence-electron chi connectivity index (χ3n) is 5.64. The fraction of sp³-hybridized carbons (Fsp3) is 0.120. The van der Waals surface area contributed by atoms with Crippen LogP contribution >= 0.6 is 23.4 Å².